The smallest absolute Gasteiger partial charge is 0.254 e. The number of rotatable bonds is 4. The van der Waals surface area contributed by atoms with E-state index in [0.29, 0.717) is 11.5 Å². The first-order valence-corrected chi connectivity index (χ1v) is 9.13. The first kappa shape index (κ1) is 16.1. The molecule has 25 heavy (non-hydrogen) atoms. The van der Waals surface area contributed by atoms with E-state index in [-0.39, 0.29) is 11.9 Å². The van der Waals surface area contributed by atoms with Gasteiger partial charge in [-0.3, -0.25) is 4.79 Å². The second kappa shape index (κ2) is 6.82. The zero-order chi connectivity index (χ0) is 17.2. The predicted octanol–water partition coefficient (Wildman–Crippen LogP) is 3.06. The number of anilines is 1. The maximum absolute atomic E-state index is 12.4. The lowest BCUT2D eigenvalue weighted by molar-refractivity contribution is 0.0930. The van der Waals surface area contributed by atoms with Crippen LogP contribution >= 0.6 is 0 Å². The maximum Gasteiger partial charge on any atom is 0.254 e. The standard InChI is InChI=1S/C20H24N4O/c1-14-3-2-4-18(11-14)24-9-7-17(8-10-24)23-20(25)16-12-21-19(22-13-16)15-5-6-15/h2-4,11-13,15,17H,5-10H2,1H3,(H,23,25). The van der Waals surface area contributed by atoms with Gasteiger partial charge in [0.1, 0.15) is 5.82 Å². The first-order chi connectivity index (χ1) is 12.2. The summed E-state index contributed by atoms with van der Waals surface area (Å²) >= 11 is 0. The van der Waals surface area contributed by atoms with E-state index in [0.717, 1.165) is 31.8 Å². The maximum atomic E-state index is 12.4. The highest BCUT2D eigenvalue weighted by Gasteiger charge is 2.27. The monoisotopic (exact) mass is 336 g/mol. The van der Waals surface area contributed by atoms with Gasteiger partial charge in [0.05, 0.1) is 5.56 Å². The molecular formula is C20H24N4O. The SMILES string of the molecule is Cc1cccc(N2CCC(NC(=O)c3cnc(C4CC4)nc3)CC2)c1. The minimum atomic E-state index is -0.0589. The normalized spacial score (nSPS) is 18.2. The number of hydrogen-bond acceptors (Lipinski definition) is 4. The Bertz CT molecular complexity index is 747. The Morgan fingerprint density at radius 3 is 2.48 bits per heavy atom. The Labute approximate surface area is 148 Å². The summed E-state index contributed by atoms with van der Waals surface area (Å²) < 4.78 is 0. The molecule has 2 aromatic rings. The van der Waals surface area contributed by atoms with E-state index >= 15 is 0 Å². The summed E-state index contributed by atoms with van der Waals surface area (Å²) in [6.07, 6.45) is 7.59. The number of piperidine rings is 1. The van der Waals surface area contributed by atoms with Gasteiger partial charge in [-0.2, -0.15) is 0 Å². The fourth-order valence-corrected chi connectivity index (χ4v) is 3.38. The van der Waals surface area contributed by atoms with Gasteiger partial charge in [-0.05, 0) is 50.3 Å². The molecule has 5 heteroatoms. The van der Waals surface area contributed by atoms with Crippen LogP contribution in [-0.2, 0) is 0 Å². The molecule has 1 N–H and O–H groups in total. The highest BCUT2D eigenvalue weighted by atomic mass is 16.1. The minimum absolute atomic E-state index is 0.0589. The van der Waals surface area contributed by atoms with Crippen LogP contribution in [0.15, 0.2) is 36.7 Å². The number of hydrogen-bond donors (Lipinski definition) is 1. The van der Waals surface area contributed by atoms with Crippen molar-refractivity contribution in [3.8, 4) is 0 Å². The lowest BCUT2D eigenvalue weighted by atomic mass is 10.0. The summed E-state index contributed by atoms with van der Waals surface area (Å²) in [7, 11) is 0. The van der Waals surface area contributed by atoms with Gasteiger partial charge in [0.25, 0.3) is 5.91 Å². The third-order valence-corrected chi connectivity index (χ3v) is 5.07. The molecule has 1 aromatic carbocycles. The number of amides is 1. The summed E-state index contributed by atoms with van der Waals surface area (Å²) in [6.45, 7) is 4.05. The number of carbonyl (C=O) groups is 1. The zero-order valence-corrected chi connectivity index (χ0v) is 14.6. The molecule has 1 aliphatic heterocycles. The third kappa shape index (κ3) is 3.81. The zero-order valence-electron chi connectivity index (χ0n) is 14.6. The molecule has 2 heterocycles. The minimum Gasteiger partial charge on any atom is -0.371 e. The molecule has 2 aliphatic rings. The number of carbonyl (C=O) groups excluding carboxylic acids is 1. The molecule has 1 amide bonds. The number of nitrogens with one attached hydrogen (secondary N) is 1. The molecule has 1 aromatic heterocycles. The predicted molar refractivity (Wildman–Crippen MR) is 97.9 cm³/mol. The van der Waals surface area contributed by atoms with Gasteiger partial charge in [0.2, 0.25) is 0 Å². The van der Waals surface area contributed by atoms with Crippen LogP contribution in [0, 0.1) is 6.92 Å². The van der Waals surface area contributed by atoms with Crippen LogP contribution in [-0.4, -0.2) is 35.0 Å². The summed E-state index contributed by atoms with van der Waals surface area (Å²) in [4.78, 5) is 23.5. The number of nitrogens with zero attached hydrogens (tertiary/aromatic N) is 3. The molecule has 1 aliphatic carbocycles. The van der Waals surface area contributed by atoms with E-state index in [1.165, 1.54) is 24.1 Å². The van der Waals surface area contributed by atoms with E-state index in [1.807, 2.05) is 0 Å². The van der Waals surface area contributed by atoms with Crippen LogP contribution in [0.4, 0.5) is 5.69 Å². The van der Waals surface area contributed by atoms with E-state index < -0.39 is 0 Å². The molecule has 0 spiro atoms. The highest BCUT2D eigenvalue weighted by molar-refractivity contribution is 5.93. The van der Waals surface area contributed by atoms with Gasteiger partial charge in [-0.25, -0.2) is 9.97 Å². The summed E-state index contributed by atoms with van der Waals surface area (Å²) in [5.74, 6) is 1.34. The van der Waals surface area contributed by atoms with Crippen molar-refractivity contribution in [2.45, 2.75) is 44.6 Å². The quantitative estimate of drug-likeness (QED) is 0.932. The fourth-order valence-electron chi connectivity index (χ4n) is 3.38. The van der Waals surface area contributed by atoms with E-state index in [4.69, 9.17) is 0 Å². The molecule has 4 rings (SSSR count). The van der Waals surface area contributed by atoms with E-state index in [1.54, 1.807) is 12.4 Å². The number of benzene rings is 1. The molecule has 0 unspecified atom stereocenters. The Balaban J connectivity index is 1.31. The van der Waals surface area contributed by atoms with Crippen molar-refractivity contribution in [3.63, 3.8) is 0 Å². The van der Waals surface area contributed by atoms with Crippen LogP contribution in [0.5, 0.6) is 0 Å². The Morgan fingerprint density at radius 1 is 1.12 bits per heavy atom. The van der Waals surface area contributed by atoms with Gasteiger partial charge in [0, 0.05) is 43.1 Å². The molecule has 0 atom stereocenters. The van der Waals surface area contributed by atoms with Crippen molar-refractivity contribution in [3.05, 3.63) is 53.6 Å². The summed E-state index contributed by atoms with van der Waals surface area (Å²) in [6, 6.07) is 8.82. The van der Waals surface area contributed by atoms with Gasteiger partial charge in [-0.15, -0.1) is 0 Å². The second-order valence-corrected chi connectivity index (χ2v) is 7.18. The molecule has 5 nitrogen and oxygen atoms in total. The molecule has 2 fully saturated rings. The van der Waals surface area contributed by atoms with Crippen LogP contribution in [0.2, 0.25) is 0 Å². The third-order valence-electron chi connectivity index (χ3n) is 5.07. The van der Waals surface area contributed by atoms with Crippen molar-refractivity contribution in [2.24, 2.45) is 0 Å². The Kier molecular flexibility index (Phi) is 4.38. The highest BCUT2D eigenvalue weighted by Crippen LogP contribution is 2.37. The van der Waals surface area contributed by atoms with Crippen molar-refractivity contribution < 1.29 is 4.79 Å². The fraction of sp³-hybridized carbons (Fsp3) is 0.450. The largest absolute Gasteiger partial charge is 0.371 e. The first-order valence-electron chi connectivity index (χ1n) is 9.13. The second-order valence-electron chi connectivity index (χ2n) is 7.18. The Hall–Kier alpha value is -2.43. The molecular weight excluding hydrogens is 312 g/mol. The van der Waals surface area contributed by atoms with Gasteiger partial charge >= 0.3 is 0 Å². The lowest BCUT2D eigenvalue weighted by Crippen LogP contribution is -2.44. The summed E-state index contributed by atoms with van der Waals surface area (Å²) in [5.41, 5.74) is 3.11. The van der Waals surface area contributed by atoms with Gasteiger partial charge in [-0.1, -0.05) is 12.1 Å². The molecule has 1 saturated carbocycles. The lowest BCUT2D eigenvalue weighted by Gasteiger charge is -2.34. The molecule has 0 radical (unpaired) electrons. The average molecular weight is 336 g/mol. The number of aromatic nitrogens is 2. The van der Waals surface area contributed by atoms with Crippen molar-refractivity contribution in [1.29, 1.82) is 0 Å². The Morgan fingerprint density at radius 2 is 1.84 bits per heavy atom. The topological polar surface area (TPSA) is 58.1 Å². The van der Waals surface area contributed by atoms with Crippen molar-refractivity contribution in [2.75, 3.05) is 18.0 Å². The van der Waals surface area contributed by atoms with E-state index in [9.17, 15) is 4.79 Å². The van der Waals surface area contributed by atoms with Crippen molar-refractivity contribution in [1.82, 2.24) is 15.3 Å². The summed E-state index contributed by atoms with van der Waals surface area (Å²) in [5, 5.41) is 3.14. The van der Waals surface area contributed by atoms with Crippen LogP contribution < -0.4 is 10.2 Å². The van der Waals surface area contributed by atoms with Crippen molar-refractivity contribution >= 4 is 11.6 Å². The number of aryl methyl sites for hydroxylation is 1. The van der Waals surface area contributed by atoms with Gasteiger partial charge < -0.3 is 10.2 Å². The van der Waals surface area contributed by atoms with Crippen LogP contribution in [0.25, 0.3) is 0 Å². The molecule has 1 saturated heterocycles. The van der Waals surface area contributed by atoms with Crippen LogP contribution in [0.3, 0.4) is 0 Å². The van der Waals surface area contributed by atoms with Gasteiger partial charge in [0.15, 0.2) is 0 Å². The van der Waals surface area contributed by atoms with Crippen LogP contribution in [0.1, 0.15) is 53.3 Å². The molecule has 0 bridgehead atoms. The average Bonchev–Trinajstić information content (AvgIpc) is 3.48. The molecule has 130 valence electrons. The van der Waals surface area contributed by atoms with E-state index in [2.05, 4.69) is 51.4 Å².